The minimum atomic E-state index is -0.698. The number of aromatic nitrogens is 2. The number of alkyl halides is 3. The fourth-order valence-corrected chi connectivity index (χ4v) is 1.78. The molecular weight excluding hydrogens is 392 g/mol. The van der Waals surface area contributed by atoms with E-state index in [4.69, 9.17) is 0 Å². The van der Waals surface area contributed by atoms with E-state index in [2.05, 4.69) is 57.8 Å². The fraction of sp³-hybridized carbons (Fsp3) is 0.111. The molecule has 0 amide bonds. The zero-order chi connectivity index (χ0) is 11.1. The lowest BCUT2D eigenvalue weighted by Gasteiger charge is -2.11. The van der Waals surface area contributed by atoms with Gasteiger partial charge in [0, 0.05) is 0 Å². The van der Waals surface area contributed by atoms with Crippen molar-refractivity contribution in [1.29, 1.82) is 0 Å². The molecule has 1 aromatic carbocycles. The average molecular weight is 397 g/mol. The number of nitrogens with one attached hydrogen (secondary N) is 1. The minimum Gasteiger partial charge on any atom is -0.307 e. The summed E-state index contributed by atoms with van der Waals surface area (Å²) in [6.07, 6.45) is 0. The number of hydrogen-bond donors (Lipinski definition) is 1. The van der Waals surface area contributed by atoms with E-state index in [0.717, 1.165) is 0 Å². The lowest BCUT2D eigenvalue weighted by Crippen LogP contribution is -2.16. The second kappa shape index (κ2) is 3.99. The monoisotopic (exact) mass is 394 g/mol. The predicted octanol–water partition coefficient (Wildman–Crippen LogP) is 3.22. The standard InChI is InChI=1S/C9H5Br3N2O/c10-9(11,12)8-13-6-4-2-1-3-5(6)7(15)14-8/h1-4H,(H,13,14,15). The highest BCUT2D eigenvalue weighted by atomic mass is 80.0. The Bertz CT molecular complexity index is 559. The number of nitrogens with zero attached hydrogens (tertiary/aromatic N) is 1. The Kier molecular flexibility index (Phi) is 3.00. The zero-order valence-electron chi connectivity index (χ0n) is 7.30. The van der Waals surface area contributed by atoms with E-state index >= 15 is 0 Å². The van der Waals surface area contributed by atoms with Crippen molar-refractivity contribution in [3.05, 3.63) is 40.4 Å². The molecule has 0 aliphatic rings. The van der Waals surface area contributed by atoms with Crippen LogP contribution in [0.4, 0.5) is 0 Å². The van der Waals surface area contributed by atoms with Gasteiger partial charge in [-0.3, -0.25) is 4.79 Å². The minimum absolute atomic E-state index is 0.154. The molecule has 0 radical (unpaired) electrons. The first-order valence-corrected chi connectivity index (χ1v) is 6.42. The van der Waals surface area contributed by atoms with Gasteiger partial charge in [0.2, 0.25) is 0 Å². The molecule has 1 heterocycles. The molecule has 3 nitrogen and oxygen atoms in total. The van der Waals surface area contributed by atoms with Gasteiger partial charge >= 0.3 is 0 Å². The van der Waals surface area contributed by atoms with Gasteiger partial charge in [-0.1, -0.05) is 59.9 Å². The van der Waals surface area contributed by atoms with Crippen LogP contribution in [0.2, 0.25) is 0 Å². The molecule has 0 aliphatic heterocycles. The molecule has 0 aliphatic carbocycles. The number of H-pyrrole nitrogens is 1. The average Bonchev–Trinajstić information content (AvgIpc) is 2.16. The summed E-state index contributed by atoms with van der Waals surface area (Å²) < 4.78 is -0.698. The quantitative estimate of drug-likeness (QED) is 0.695. The van der Waals surface area contributed by atoms with Crippen molar-refractivity contribution in [3.8, 4) is 0 Å². The summed E-state index contributed by atoms with van der Waals surface area (Å²) in [4.78, 5) is 18.7. The Balaban J connectivity index is 2.79. The van der Waals surface area contributed by atoms with E-state index in [1.807, 2.05) is 12.1 Å². The van der Waals surface area contributed by atoms with Crippen LogP contribution in [0.25, 0.3) is 10.9 Å². The summed E-state index contributed by atoms with van der Waals surface area (Å²) in [5, 5.41) is 0.581. The van der Waals surface area contributed by atoms with E-state index < -0.39 is 2.14 Å². The number of aromatic amines is 1. The van der Waals surface area contributed by atoms with E-state index in [1.54, 1.807) is 12.1 Å². The van der Waals surface area contributed by atoms with Crippen LogP contribution in [0.5, 0.6) is 0 Å². The molecule has 15 heavy (non-hydrogen) atoms. The highest BCUT2D eigenvalue weighted by Crippen LogP contribution is 2.42. The second-order valence-electron chi connectivity index (χ2n) is 2.93. The second-order valence-corrected chi connectivity index (χ2v) is 9.69. The normalized spacial score (nSPS) is 11.9. The third kappa shape index (κ3) is 2.32. The van der Waals surface area contributed by atoms with Crippen molar-refractivity contribution in [3.63, 3.8) is 0 Å². The Morgan fingerprint density at radius 2 is 1.87 bits per heavy atom. The Hall–Kier alpha value is -0.200. The molecule has 6 heteroatoms. The molecule has 0 unspecified atom stereocenters. The van der Waals surface area contributed by atoms with E-state index in [1.165, 1.54) is 0 Å². The molecule has 1 N–H and O–H groups in total. The van der Waals surface area contributed by atoms with Gasteiger partial charge < -0.3 is 4.98 Å². The van der Waals surface area contributed by atoms with Crippen LogP contribution >= 0.6 is 47.8 Å². The fourth-order valence-electron chi connectivity index (χ4n) is 1.22. The van der Waals surface area contributed by atoms with Gasteiger partial charge in [-0.15, -0.1) is 0 Å². The van der Waals surface area contributed by atoms with Crippen LogP contribution in [0.1, 0.15) is 5.82 Å². The number of halogens is 3. The molecule has 0 saturated heterocycles. The first kappa shape index (κ1) is 11.3. The summed E-state index contributed by atoms with van der Waals surface area (Å²) in [6.45, 7) is 0. The molecule has 0 spiro atoms. The van der Waals surface area contributed by atoms with Crippen molar-refractivity contribution < 1.29 is 0 Å². The molecule has 2 aromatic rings. The maximum absolute atomic E-state index is 11.7. The van der Waals surface area contributed by atoms with Gasteiger partial charge in [-0.25, -0.2) is 4.98 Å². The van der Waals surface area contributed by atoms with Crippen LogP contribution in [-0.4, -0.2) is 9.97 Å². The largest absolute Gasteiger partial charge is 0.307 e. The summed E-state index contributed by atoms with van der Waals surface area (Å²) in [5.41, 5.74) is 0.511. The summed E-state index contributed by atoms with van der Waals surface area (Å²) in [6, 6.07) is 7.19. The summed E-state index contributed by atoms with van der Waals surface area (Å²) >= 11 is 9.92. The van der Waals surface area contributed by atoms with Crippen LogP contribution in [-0.2, 0) is 2.14 Å². The molecule has 2 rings (SSSR count). The number of fused-ring (bicyclic) bond motifs is 1. The van der Waals surface area contributed by atoms with Crippen molar-refractivity contribution in [2.24, 2.45) is 0 Å². The van der Waals surface area contributed by atoms with Gasteiger partial charge in [0.15, 0.2) is 2.14 Å². The van der Waals surface area contributed by atoms with Crippen LogP contribution < -0.4 is 5.56 Å². The van der Waals surface area contributed by atoms with Crippen molar-refractivity contribution in [2.75, 3.05) is 0 Å². The number of rotatable bonds is 0. The lowest BCUT2D eigenvalue weighted by atomic mass is 10.2. The number of para-hydroxylation sites is 1. The van der Waals surface area contributed by atoms with Crippen LogP contribution in [0.3, 0.4) is 0 Å². The highest BCUT2D eigenvalue weighted by molar-refractivity contribution is 9.38. The number of benzene rings is 1. The SMILES string of the molecule is O=c1[nH]c(C(Br)(Br)Br)nc2ccccc12. The Labute approximate surface area is 111 Å². The summed E-state index contributed by atoms with van der Waals surface area (Å²) in [7, 11) is 0. The Morgan fingerprint density at radius 3 is 2.53 bits per heavy atom. The maximum atomic E-state index is 11.7. The van der Waals surface area contributed by atoms with Crippen LogP contribution in [0.15, 0.2) is 29.1 Å². The zero-order valence-corrected chi connectivity index (χ0v) is 12.1. The van der Waals surface area contributed by atoms with Gasteiger partial charge in [-0.2, -0.15) is 0 Å². The van der Waals surface area contributed by atoms with E-state index in [-0.39, 0.29) is 5.56 Å². The Morgan fingerprint density at radius 1 is 1.20 bits per heavy atom. The van der Waals surface area contributed by atoms with Gasteiger partial charge in [0.25, 0.3) is 5.56 Å². The van der Waals surface area contributed by atoms with Crippen molar-refractivity contribution >= 4 is 58.7 Å². The van der Waals surface area contributed by atoms with Crippen LogP contribution in [0, 0.1) is 0 Å². The lowest BCUT2D eigenvalue weighted by molar-refractivity contribution is 1.02. The first-order chi connectivity index (χ1) is 6.98. The molecule has 0 bridgehead atoms. The smallest absolute Gasteiger partial charge is 0.258 e. The van der Waals surface area contributed by atoms with Gasteiger partial charge in [0.05, 0.1) is 10.9 Å². The van der Waals surface area contributed by atoms with Crippen molar-refractivity contribution in [2.45, 2.75) is 2.14 Å². The number of hydrogen-bond acceptors (Lipinski definition) is 2. The molecule has 78 valence electrons. The molecule has 1 aromatic heterocycles. The maximum Gasteiger partial charge on any atom is 0.258 e. The predicted molar refractivity (Wildman–Crippen MR) is 70.8 cm³/mol. The molecule has 0 fully saturated rings. The van der Waals surface area contributed by atoms with Gasteiger partial charge in [-0.05, 0) is 12.1 Å². The first-order valence-electron chi connectivity index (χ1n) is 4.05. The third-order valence-corrected chi connectivity index (χ3v) is 3.01. The summed E-state index contributed by atoms with van der Waals surface area (Å²) in [5.74, 6) is 0.478. The highest BCUT2D eigenvalue weighted by Gasteiger charge is 2.24. The molecule has 0 saturated carbocycles. The van der Waals surface area contributed by atoms with E-state index in [0.29, 0.717) is 16.7 Å². The molecular formula is C9H5Br3N2O. The topological polar surface area (TPSA) is 45.8 Å². The third-order valence-electron chi connectivity index (χ3n) is 1.88. The van der Waals surface area contributed by atoms with Gasteiger partial charge in [0.1, 0.15) is 5.82 Å². The molecule has 0 atom stereocenters. The van der Waals surface area contributed by atoms with E-state index in [9.17, 15) is 4.79 Å². The van der Waals surface area contributed by atoms with Crippen molar-refractivity contribution in [1.82, 2.24) is 9.97 Å².